The van der Waals surface area contributed by atoms with Crippen molar-refractivity contribution in [2.24, 2.45) is 5.92 Å². The van der Waals surface area contributed by atoms with E-state index in [1.165, 1.54) is 0 Å². The van der Waals surface area contributed by atoms with Crippen molar-refractivity contribution in [3.63, 3.8) is 0 Å². The largest absolute Gasteiger partial charge is 0.355 e. The van der Waals surface area contributed by atoms with E-state index in [0.29, 0.717) is 17.5 Å². The summed E-state index contributed by atoms with van der Waals surface area (Å²) in [6.07, 6.45) is 0. The van der Waals surface area contributed by atoms with Crippen LogP contribution in [0.2, 0.25) is 0 Å². The monoisotopic (exact) mass is 340 g/mol. The molecule has 3 aromatic rings. The van der Waals surface area contributed by atoms with Crippen LogP contribution in [0.15, 0.2) is 39.4 Å². The third-order valence-electron chi connectivity index (χ3n) is 3.84. The quantitative estimate of drug-likeness (QED) is 0.764. The molecule has 0 aliphatic rings. The second-order valence-electron chi connectivity index (χ2n) is 6.32. The van der Waals surface area contributed by atoms with Crippen LogP contribution in [0.4, 0.5) is 0 Å². The molecule has 1 atom stereocenters. The van der Waals surface area contributed by atoms with Crippen LogP contribution in [0.5, 0.6) is 0 Å². The number of carbonyl (C=O) groups is 1. The maximum atomic E-state index is 12.5. The molecule has 0 aliphatic carbocycles. The van der Waals surface area contributed by atoms with E-state index in [1.54, 1.807) is 13.0 Å². The first-order chi connectivity index (χ1) is 11.9. The van der Waals surface area contributed by atoms with E-state index in [-0.39, 0.29) is 17.5 Å². The second kappa shape index (κ2) is 6.88. The molecule has 0 spiro atoms. The van der Waals surface area contributed by atoms with Gasteiger partial charge in [0.05, 0.1) is 0 Å². The van der Waals surface area contributed by atoms with Gasteiger partial charge >= 0.3 is 0 Å². The van der Waals surface area contributed by atoms with Gasteiger partial charge in [0.25, 0.3) is 5.91 Å². The molecule has 7 heteroatoms. The van der Waals surface area contributed by atoms with Gasteiger partial charge in [0, 0.05) is 11.6 Å². The van der Waals surface area contributed by atoms with Crippen LogP contribution in [-0.2, 0) is 0 Å². The normalized spacial score (nSPS) is 12.4. The van der Waals surface area contributed by atoms with Crippen molar-refractivity contribution in [2.45, 2.75) is 33.7 Å². The van der Waals surface area contributed by atoms with Gasteiger partial charge in [-0.1, -0.05) is 54.0 Å². The summed E-state index contributed by atoms with van der Waals surface area (Å²) < 4.78 is 10.5. The predicted octanol–water partition coefficient (Wildman–Crippen LogP) is 3.47. The molecule has 0 fully saturated rings. The van der Waals surface area contributed by atoms with E-state index in [1.807, 2.05) is 45.0 Å². The lowest BCUT2D eigenvalue weighted by Crippen LogP contribution is -2.32. The number of aryl methyl sites for hydroxylation is 2. The summed E-state index contributed by atoms with van der Waals surface area (Å²) in [5.74, 6) is 1.17. The Labute approximate surface area is 145 Å². The van der Waals surface area contributed by atoms with Crippen molar-refractivity contribution >= 4 is 5.91 Å². The SMILES string of the molecule is Cc1ccc(-c2cc(C(=O)NC(c3nc(C)no3)C(C)C)no2)cc1. The summed E-state index contributed by atoms with van der Waals surface area (Å²) >= 11 is 0. The zero-order valence-electron chi connectivity index (χ0n) is 14.6. The Kier molecular flexibility index (Phi) is 4.65. The van der Waals surface area contributed by atoms with E-state index in [2.05, 4.69) is 20.6 Å². The van der Waals surface area contributed by atoms with Crippen LogP contribution in [0.25, 0.3) is 11.3 Å². The minimum absolute atomic E-state index is 0.0762. The van der Waals surface area contributed by atoms with Crippen molar-refractivity contribution in [3.8, 4) is 11.3 Å². The molecule has 130 valence electrons. The van der Waals surface area contributed by atoms with E-state index in [4.69, 9.17) is 9.05 Å². The summed E-state index contributed by atoms with van der Waals surface area (Å²) in [4.78, 5) is 16.7. The van der Waals surface area contributed by atoms with Crippen LogP contribution in [0, 0.1) is 19.8 Å². The number of aromatic nitrogens is 3. The minimum atomic E-state index is -0.395. The third kappa shape index (κ3) is 3.76. The Morgan fingerprint density at radius 1 is 1.08 bits per heavy atom. The maximum Gasteiger partial charge on any atom is 0.274 e. The molecular formula is C18H20N4O3. The van der Waals surface area contributed by atoms with Gasteiger partial charge in [-0.15, -0.1) is 0 Å². The molecule has 7 nitrogen and oxygen atoms in total. The summed E-state index contributed by atoms with van der Waals surface area (Å²) in [5, 5.41) is 10.5. The molecular weight excluding hydrogens is 320 g/mol. The Bertz CT molecular complexity index is 865. The molecule has 2 heterocycles. The van der Waals surface area contributed by atoms with E-state index >= 15 is 0 Å². The Hall–Kier alpha value is -2.96. The number of amides is 1. The molecule has 1 N–H and O–H groups in total. The predicted molar refractivity (Wildman–Crippen MR) is 90.8 cm³/mol. The highest BCUT2D eigenvalue weighted by Crippen LogP contribution is 2.23. The van der Waals surface area contributed by atoms with Crippen LogP contribution in [0.3, 0.4) is 0 Å². The number of benzene rings is 1. The molecule has 25 heavy (non-hydrogen) atoms. The maximum absolute atomic E-state index is 12.5. The summed E-state index contributed by atoms with van der Waals surface area (Å²) in [6.45, 7) is 7.67. The smallest absolute Gasteiger partial charge is 0.274 e. The number of nitrogens with zero attached hydrogens (tertiary/aromatic N) is 3. The second-order valence-corrected chi connectivity index (χ2v) is 6.32. The van der Waals surface area contributed by atoms with Gasteiger partial charge in [-0.2, -0.15) is 4.98 Å². The third-order valence-corrected chi connectivity index (χ3v) is 3.84. The zero-order chi connectivity index (χ0) is 18.0. The summed E-state index contributed by atoms with van der Waals surface area (Å²) in [5.41, 5.74) is 2.22. The Morgan fingerprint density at radius 3 is 2.40 bits per heavy atom. The Morgan fingerprint density at radius 2 is 1.80 bits per heavy atom. The van der Waals surface area contributed by atoms with Crippen molar-refractivity contribution in [2.75, 3.05) is 0 Å². The Balaban J connectivity index is 1.77. The van der Waals surface area contributed by atoms with Gasteiger partial charge in [0.15, 0.2) is 17.3 Å². The molecule has 0 radical (unpaired) electrons. The average Bonchev–Trinajstić information content (AvgIpc) is 3.22. The molecule has 0 saturated carbocycles. The van der Waals surface area contributed by atoms with Gasteiger partial charge in [0.2, 0.25) is 5.89 Å². The van der Waals surface area contributed by atoms with Crippen LogP contribution < -0.4 is 5.32 Å². The number of hydrogen-bond acceptors (Lipinski definition) is 6. The molecule has 0 aliphatic heterocycles. The van der Waals surface area contributed by atoms with Crippen molar-refractivity contribution < 1.29 is 13.8 Å². The lowest BCUT2D eigenvalue weighted by Gasteiger charge is -2.17. The fourth-order valence-corrected chi connectivity index (χ4v) is 2.40. The van der Waals surface area contributed by atoms with Gasteiger partial charge in [-0.05, 0) is 19.8 Å². The number of carbonyl (C=O) groups excluding carboxylic acids is 1. The highest BCUT2D eigenvalue weighted by atomic mass is 16.5. The van der Waals surface area contributed by atoms with E-state index in [9.17, 15) is 4.79 Å². The highest BCUT2D eigenvalue weighted by Gasteiger charge is 2.26. The van der Waals surface area contributed by atoms with Gasteiger partial charge in [0.1, 0.15) is 6.04 Å². The standard InChI is InChI=1S/C18H20N4O3/c1-10(2)16(18-19-12(4)21-25-18)20-17(23)14-9-15(24-22-14)13-7-5-11(3)6-8-13/h5-10,16H,1-4H3,(H,20,23). The van der Waals surface area contributed by atoms with Crippen LogP contribution >= 0.6 is 0 Å². The number of nitrogens with one attached hydrogen (secondary N) is 1. The van der Waals surface area contributed by atoms with Crippen LogP contribution in [0.1, 0.15) is 47.7 Å². The van der Waals surface area contributed by atoms with E-state index < -0.39 is 6.04 Å². The molecule has 1 aromatic carbocycles. The van der Waals surface area contributed by atoms with Crippen molar-refractivity contribution in [1.82, 2.24) is 20.6 Å². The van der Waals surface area contributed by atoms with Crippen molar-refractivity contribution in [3.05, 3.63) is 53.3 Å². The van der Waals surface area contributed by atoms with Crippen molar-refractivity contribution in [1.29, 1.82) is 0 Å². The number of rotatable bonds is 5. The van der Waals surface area contributed by atoms with Gasteiger partial charge < -0.3 is 14.4 Å². The first-order valence-electron chi connectivity index (χ1n) is 8.09. The molecule has 0 bridgehead atoms. The fourth-order valence-electron chi connectivity index (χ4n) is 2.40. The molecule has 2 aromatic heterocycles. The summed E-state index contributed by atoms with van der Waals surface area (Å²) in [7, 11) is 0. The summed E-state index contributed by atoms with van der Waals surface area (Å²) in [6, 6.07) is 9.03. The van der Waals surface area contributed by atoms with E-state index in [0.717, 1.165) is 11.1 Å². The zero-order valence-corrected chi connectivity index (χ0v) is 14.6. The molecule has 3 rings (SSSR count). The molecule has 1 unspecified atom stereocenters. The minimum Gasteiger partial charge on any atom is -0.355 e. The number of hydrogen-bond donors (Lipinski definition) is 1. The molecule has 1 amide bonds. The van der Waals surface area contributed by atoms with Gasteiger partial charge in [-0.3, -0.25) is 4.79 Å². The highest BCUT2D eigenvalue weighted by molar-refractivity contribution is 5.93. The van der Waals surface area contributed by atoms with Gasteiger partial charge in [-0.25, -0.2) is 0 Å². The lowest BCUT2D eigenvalue weighted by molar-refractivity contribution is 0.0904. The molecule has 0 saturated heterocycles. The fraction of sp³-hybridized carbons (Fsp3) is 0.333. The first-order valence-corrected chi connectivity index (χ1v) is 8.09. The topological polar surface area (TPSA) is 94.1 Å². The lowest BCUT2D eigenvalue weighted by atomic mass is 10.0. The first kappa shape index (κ1) is 16.9. The average molecular weight is 340 g/mol. The van der Waals surface area contributed by atoms with Crippen LogP contribution in [-0.4, -0.2) is 21.2 Å².